The highest BCUT2D eigenvalue weighted by atomic mass is 19.1. The molecule has 0 saturated carbocycles. The molecule has 4 aromatic heterocycles. The van der Waals surface area contributed by atoms with Gasteiger partial charge in [-0.05, 0) is 19.1 Å². The molecule has 5 aromatic rings. The largest absolute Gasteiger partial charge is 0.467 e. The molecule has 0 unspecified atom stereocenters. The number of rotatable bonds is 5. The SMILES string of the molecule is COc1ncc(-c2c(C#N)n([C@H](C)c3cc(-c4ccccc4F)no3)c3ncnc(N)c23)cn1. The van der Waals surface area contributed by atoms with Gasteiger partial charge in [-0.2, -0.15) is 5.26 Å². The molecular weight excluding hydrogens is 439 g/mol. The van der Waals surface area contributed by atoms with Gasteiger partial charge in [0.1, 0.15) is 41.1 Å². The van der Waals surface area contributed by atoms with Crippen LogP contribution in [0.15, 0.2) is 53.6 Å². The van der Waals surface area contributed by atoms with Crippen molar-refractivity contribution in [3.63, 3.8) is 0 Å². The molecule has 0 spiro atoms. The average Bonchev–Trinajstić information content (AvgIpc) is 3.48. The van der Waals surface area contributed by atoms with E-state index in [1.807, 2.05) is 6.92 Å². The van der Waals surface area contributed by atoms with Crippen LogP contribution < -0.4 is 10.5 Å². The lowest BCUT2D eigenvalue weighted by Crippen LogP contribution is -2.09. The third kappa shape index (κ3) is 3.29. The van der Waals surface area contributed by atoms with Crippen LogP contribution in [-0.4, -0.2) is 36.8 Å². The molecule has 1 aromatic carbocycles. The van der Waals surface area contributed by atoms with Gasteiger partial charge in [-0.15, -0.1) is 0 Å². The molecule has 2 N–H and O–H groups in total. The van der Waals surface area contributed by atoms with Crippen LogP contribution in [0, 0.1) is 17.1 Å². The van der Waals surface area contributed by atoms with Crippen molar-refractivity contribution in [1.82, 2.24) is 29.7 Å². The number of nitrogen functional groups attached to an aromatic ring is 1. The summed E-state index contributed by atoms with van der Waals surface area (Å²) in [4.78, 5) is 16.8. The summed E-state index contributed by atoms with van der Waals surface area (Å²) in [6.45, 7) is 1.82. The highest BCUT2D eigenvalue weighted by Gasteiger charge is 2.28. The quantitative estimate of drug-likeness (QED) is 0.418. The van der Waals surface area contributed by atoms with Gasteiger partial charge in [0.15, 0.2) is 5.76 Å². The molecule has 0 radical (unpaired) electrons. The Kier molecular flexibility index (Phi) is 5.10. The number of benzene rings is 1. The van der Waals surface area contributed by atoms with Crippen LogP contribution in [0.2, 0.25) is 0 Å². The van der Waals surface area contributed by atoms with Crippen LogP contribution in [-0.2, 0) is 0 Å². The molecule has 168 valence electrons. The maximum Gasteiger partial charge on any atom is 0.316 e. The van der Waals surface area contributed by atoms with Crippen LogP contribution in [0.5, 0.6) is 6.01 Å². The number of nitrogens with zero attached hydrogens (tertiary/aromatic N) is 7. The van der Waals surface area contributed by atoms with Crippen molar-refractivity contribution in [2.24, 2.45) is 0 Å². The number of anilines is 1. The normalized spacial score (nSPS) is 11.9. The Labute approximate surface area is 192 Å². The van der Waals surface area contributed by atoms with E-state index >= 15 is 0 Å². The molecule has 34 heavy (non-hydrogen) atoms. The van der Waals surface area contributed by atoms with E-state index in [1.54, 1.807) is 28.8 Å². The molecule has 0 fully saturated rings. The molecule has 0 aliphatic rings. The summed E-state index contributed by atoms with van der Waals surface area (Å²) < 4.78 is 26.5. The summed E-state index contributed by atoms with van der Waals surface area (Å²) >= 11 is 0. The Morgan fingerprint density at radius 3 is 2.65 bits per heavy atom. The highest BCUT2D eigenvalue weighted by Crippen LogP contribution is 2.39. The second-order valence-corrected chi connectivity index (χ2v) is 7.39. The van der Waals surface area contributed by atoms with E-state index in [4.69, 9.17) is 15.0 Å². The summed E-state index contributed by atoms with van der Waals surface area (Å²) in [5.41, 5.74) is 8.56. The number of fused-ring (bicyclic) bond motifs is 1. The Morgan fingerprint density at radius 2 is 1.94 bits per heavy atom. The fourth-order valence-electron chi connectivity index (χ4n) is 3.88. The van der Waals surface area contributed by atoms with E-state index in [1.165, 1.54) is 31.9 Å². The Balaban J connectivity index is 1.69. The third-order valence-electron chi connectivity index (χ3n) is 5.50. The minimum absolute atomic E-state index is 0.186. The van der Waals surface area contributed by atoms with Gasteiger partial charge in [0.2, 0.25) is 0 Å². The zero-order chi connectivity index (χ0) is 23.8. The van der Waals surface area contributed by atoms with E-state index in [-0.39, 0.29) is 17.5 Å². The van der Waals surface area contributed by atoms with Gasteiger partial charge in [-0.3, -0.25) is 0 Å². The Bertz CT molecular complexity index is 1550. The van der Waals surface area contributed by atoms with Crippen molar-refractivity contribution < 1.29 is 13.7 Å². The molecule has 4 heterocycles. The molecule has 0 amide bonds. The third-order valence-corrected chi connectivity index (χ3v) is 5.50. The number of nitriles is 1. The highest BCUT2D eigenvalue weighted by molar-refractivity contribution is 6.03. The maximum absolute atomic E-state index is 14.2. The van der Waals surface area contributed by atoms with E-state index in [0.29, 0.717) is 39.2 Å². The number of hydrogen-bond acceptors (Lipinski definition) is 9. The number of aromatic nitrogens is 6. The number of hydrogen-bond donors (Lipinski definition) is 1. The Morgan fingerprint density at radius 1 is 1.18 bits per heavy atom. The fraction of sp³-hybridized carbons (Fsp3) is 0.130. The van der Waals surface area contributed by atoms with Crippen LogP contribution in [0.4, 0.5) is 10.2 Å². The number of halogens is 1. The fourth-order valence-corrected chi connectivity index (χ4v) is 3.88. The van der Waals surface area contributed by atoms with Gasteiger partial charge in [-0.1, -0.05) is 17.3 Å². The lowest BCUT2D eigenvalue weighted by molar-refractivity contribution is 0.355. The first-order valence-corrected chi connectivity index (χ1v) is 10.2. The van der Waals surface area contributed by atoms with Gasteiger partial charge in [-0.25, -0.2) is 24.3 Å². The predicted octanol–water partition coefficient (Wildman–Crippen LogP) is 3.75. The van der Waals surface area contributed by atoms with E-state index in [0.717, 1.165) is 0 Å². The first-order valence-electron chi connectivity index (χ1n) is 10.2. The van der Waals surface area contributed by atoms with Crippen LogP contribution in [0.25, 0.3) is 33.4 Å². The van der Waals surface area contributed by atoms with Gasteiger partial charge in [0.05, 0.1) is 18.5 Å². The molecule has 0 bridgehead atoms. The van der Waals surface area contributed by atoms with Crippen molar-refractivity contribution >= 4 is 16.9 Å². The number of methoxy groups -OCH3 is 1. The maximum atomic E-state index is 14.2. The summed E-state index contributed by atoms with van der Waals surface area (Å²) in [5, 5.41) is 14.7. The lowest BCUT2D eigenvalue weighted by Gasteiger charge is -2.13. The smallest absolute Gasteiger partial charge is 0.316 e. The summed E-state index contributed by atoms with van der Waals surface area (Å²) in [5.74, 6) is 0.186. The second kappa shape index (κ2) is 8.25. The molecule has 0 aliphatic heterocycles. The van der Waals surface area contributed by atoms with Crippen molar-refractivity contribution in [3.8, 4) is 34.5 Å². The average molecular weight is 456 g/mol. The molecule has 0 saturated heterocycles. The molecule has 0 aliphatic carbocycles. The number of nitrogens with two attached hydrogens (primary N) is 1. The van der Waals surface area contributed by atoms with E-state index in [9.17, 15) is 9.65 Å². The van der Waals surface area contributed by atoms with Gasteiger partial charge >= 0.3 is 6.01 Å². The van der Waals surface area contributed by atoms with Crippen molar-refractivity contribution in [2.75, 3.05) is 12.8 Å². The summed E-state index contributed by atoms with van der Waals surface area (Å²) in [6.07, 6.45) is 4.39. The van der Waals surface area contributed by atoms with Crippen LogP contribution in [0.1, 0.15) is 24.4 Å². The first kappa shape index (κ1) is 21.0. The summed E-state index contributed by atoms with van der Waals surface area (Å²) in [6, 6.07) is 9.80. The van der Waals surface area contributed by atoms with Gasteiger partial charge in [0, 0.05) is 35.2 Å². The van der Waals surface area contributed by atoms with Crippen molar-refractivity contribution in [2.45, 2.75) is 13.0 Å². The molecule has 1 atom stereocenters. The zero-order valence-corrected chi connectivity index (χ0v) is 18.1. The molecule has 5 rings (SSSR count). The number of ether oxygens (including phenoxy) is 1. The minimum Gasteiger partial charge on any atom is -0.467 e. The first-order chi connectivity index (χ1) is 16.5. The van der Waals surface area contributed by atoms with Crippen LogP contribution in [0.3, 0.4) is 0 Å². The lowest BCUT2D eigenvalue weighted by atomic mass is 10.1. The molecule has 11 heteroatoms. The minimum atomic E-state index is -0.535. The molecular formula is C23H17FN8O2. The Hall–Kier alpha value is -4.85. The second-order valence-electron chi connectivity index (χ2n) is 7.39. The van der Waals surface area contributed by atoms with Crippen molar-refractivity contribution in [1.29, 1.82) is 5.26 Å². The molecule has 10 nitrogen and oxygen atoms in total. The zero-order valence-electron chi connectivity index (χ0n) is 18.1. The van der Waals surface area contributed by atoms with E-state index in [2.05, 4.69) is 31.2 Å². The predicted molar refractivity (Wildman–Crippen MR) is 120 cm³/mol. The van der Waals surface area contributed by atoms with Crippen LogP contribution >= 0.6 is 0 Å². The topological polar surface area (TPSA) is 142 Å². The van der Waals surface area contributed by atoms with E-state index < -0.39 is 11.9 Å². The standard InChI is InChI=1S/C23H17FN8O2/c1-12(18-7-16(31-34-18)14-5-3-4-6-15(14)24)32-17(8-25)19(13-9-27-23(33-2)28-10-13)20-21(26)29-11-30-22(20)32/h3-7,9-12H,1-2H3,(H2,26,29,30)/t12-/m1/s1. The summed E-state index contributed by atoms with van der Waals surface area (Å²) in [7, 11) is 1.46. The van der Waals surface area contributed by atoms with Crippen molar-refractivity contribution in [3.05, 3.63) is 66.3 Å². The van der Waals surface area contributed by atoms with Gasteiger partial charge < -0.3 is 19.6 Å². The monoisotopic (exact) mass is 456 g/mol. The van der Waals surface area contributed by atoms with Gasteiger partial charge in [0.25, 0.3) is 0 Å².